The zero-order valence-electron chi connectivity index (χ0n) is 31.6. The summed E-state index contributed by atoms with van der Waals surface area (Å²) in [5.74, 6) is 3.42. The molecule has 6 nitrogen and oxygen atoms in total. The van der Waals surface area contributed by atoms with E-state index in [1.165, 1.54) is 77.0 Å². The highest BCUT2D eigenvalue weighted by molar-refractivity contribution is 7.99. The summed E-state index contributed by atoms with van der Waals surface area (Å²) >= 11 is 3.51. The van der Waals surface area contributed by atoms with Crippen LogP contribution in [0.25, 0.3) is 0 Å². The summed E-state index contributed by atoms with van der Waals surface area (Å²) in [7, 11) is 0. The van der Waals surface area contributed by atoms with Crippen LogP contribution in [0, 0.1) is 0 Å². The Labute approximate surface area is 296 Å². The summed E-state index contributed by atoms with van der Waals surface area (Å²) in [6, 6.07) is 4.32. The molecule has 0 saturated heterocycles. The smallest absolute Gasteiger partial charge is 0.428 e. The molecule has 0 unspecified atom stereocenters. The number of ether oxygens (including phenoxy) is 2. The van der Waals surface area contributed by atoms with Gasteiger partial charge in [-0.15, -0.1) is 0 Å². The largest absolute Gasteiger partial charge is 0.514 e. The maximum atomic E-state index is 12.9. The van der Waals surface area contributed by atoms with Gasteiger partial charge in [-0.25, -0.2) is 14.8 Å². The molecule has 0 radical (unpaired) electrons. The predicted molar refractivity (Wildman–Crippen MR) is 202 cm³/mol. The molecule has 47 heavy (non-hydrogen) atoms. The van der Waals surface area contributed by atoms with E-state index in [1.54, 1.807) is 23.5 Å². The molecule has 1 heterocycles. The van der Waals surface area contributed by atoms with Crippen molar-refractivity contribution in [3.05, 3.63) is 34.6 Å². The van der Waals surface area contributed by atoms with E-state index in [0.717, 1.165) is 44.3 Å². The van der Waals surface area contributed by atoms with Crippen LogP contribution >= 0.6 is 23.5 Å². The Bertz CT molecular complexity index is 1160. The molecule has 0 bridgehead atoms. The Morgan fingerprint density at radius 1 is 0.638 bits per heavy atom. The van der Waals surface area contributed by atoms with Crippen LogP contribution < -0.4 is 4.74 Å². The third kappa shape index (κ3) is 16.4. The van der Waals surface area contributed by atoms with Gasteiger partial charge in [0.15, 0.2) is 10.3 Å². The third-order valence-corrected chi connectivity index (χ3v) is 9.67. The zero-order chi connectivity index (χ0) is 35.1. The maximum absolute atomic E-state index is 12.9. The van der Waals surface area contributed by atoms with E-state index in [2.05, 4.69) is 67.5 Å². The van der Waals surface area contributed by atoms with E-state index in [0.29, 0.717) is 12.2 Å². The monoisotopic (exact) mass is 687 g/mol. The van der Waals surface area contributed by atoms with E-state index in [4.69, 9.17) is 24.4 Å². The first-order valence-electron chi connectivity index (χ1n) is 18.1. The summed E-state index contributed by atoms with van der Waals surface area (Å²) < 4.78 is 11.6. The fourth-order valence-electron chi connectivity index (χ4n) is 5.23. The number of rotatable bonds is 19. The summed E-state index contributed by atoms with van der Waals surface area (Å²) in [5.41, 5.74) is 1.84. The Morgan fingerprint density at radius 2 is 1.06 bits per heavy atom. The standard InChI is InChI=1S/C39H65N3O3S2/c1-12-14-16-18-20-22-24-46-34-40-32(41-35(42-34)47-25-23-21-19-17-15-13-2)28-29-26-30(37(3,4)5)33(31(27-29)38(6,7)8)44-36(43)45-39(9,10)11/h26-27H,12-25,28H2,1-11H3. The van der Waals surface area contributed by atoms with E-state index >= 15 is 0 Å². The lowest BCUT2D eigenvalue weighted by Crippen LogP contribution is -2.28. The number of hydrogen-bond donors (Lipinski definition) is 0. The van der Waals surface area contributed by atoms with Gasteiger partial charge in [0.1, 0.15) is 17.2 Å². The molecular weight excluding hydrogens is 623 g/mol. The second-order valence-corrected chi connectivity index (χ2v) is 17.9. The van der Waals surface area contributed by atoms with Crippen molar-refractivity contribution in [2.45, 2.75) is 186 Å². The van der Waals surface area contributed by atoms with Gasteiger partial charge in [0.2, 0.25) is 0 Å². The highest BCUT2D eigenvalue weighted by Crippen LogP contribution is 2.41. The van der Waals surface area contributed by atoms with Crippen LogP contribution in [0.15, 0.2) is 22.4 Å². The summed E-state index contributed by atoms with van der Waals surface area (Å²) in [6.45, 7) is 23.0. The molecule has 0 atom stereocenters. The number of nitrogens with zero attached hydrogens (tertiary/aromatic N) is 3. The minimum Gasteiger partial charge on any atom is -0.428 e. The van der Waals surface area contributed by atoms with Gasteiger partial charge in [0.25, 0.3) is 0 Å². The van der Waals surface area contributed by atoms with Crippen LogP contribution in [-0.2, 0) is 22.0 Å². The number of carbonyl (C=O) groups is 1. The lowest BCUT2D eigenvalue weighted by atomic mass is 9.78. The molecule has 0 aliphatic rings. The van der Waals surface area contributed by atoms with Gasteiger partial charge in [-0.3, -0.25) is 0 Å². The van der Waals surface area contributed by atoms with E-state index in [9.17, 15) is 4.79 Å². The van der Waals surface area contributed by atoms with Gasteiger partial charge in [-0.2, -0.15) is 4.98 Å². The molecule has 0 spiro atoms. The molecule has 0 saturated carbocycles. The quantitative estimate of drug-likeness (QED) is 0.0625. The molecule has 0 aliphatic heterocycles. The average molecular weight is 688 g/mol. The van der Waals surface area contributed by atoms with Crippen LogP contribution in [0.4, 0.5) is 4.79 Å². The Kier molecular flexibility index (Phi) is 17.6. The fourth-order valence-corrected chi connectivity index (χ4v) is 6.99. The van der Waals surface area contributed by atoms with Crippen molar-refractivity contribution in [3.8, 4) is 5.75 Å². The number of carbonyl (C=O) groups excluding carboxylic acids is 1. The first kappa shape index (κ1) is 41.4. The van der Waals surface area contributed by atoms with Crippen LogP contribution in [0.5, 0.6) is 5.75 Å². The molecule has 0 N–H and O–H groups in total. The van der Waals surface area contributed by atoms with Crippen LogP contribution in [0.1, 0.15) is 176 Å². The number of aromatic nitrogens is 3. The zero-order valence-corrected chi connectivity index (χ0v) is 33.3. The Morgan fingerprint density at radius 3 is 1.47 bits per heavy atom. The first-order valence-corrected chi connectivity index (χ1v) is 20.1. The second kappa shape index (κ2) is 20.0. The summed E-state index contributed by atoms with van der Waals surface area (Å²) in [4.78, 5) is 27.7. The maximum Gasteiger partial charge on any atom is 0.514 e. The Balaban J connectivity index is 2.39. The van der Waals surface area contributed by atoms with Crippen molar-refractivity contribution in [3.63, 3.8) is 0 Å². The summed E-state index contributed by atoms with van der Waals surface area (Å²) in [6.07, 6.45) is 15.2. The van der Waals surface area contributed by atoms with Gasteiger partial charge in [-0.05, 0) is 50.0 Å². The molecule has 0 fully saturated rings. The van der Waals surface area contributed by atoms with E-state index in [1.807, 2.05) is 20.8 Å². The minimum atomic E-state index is -0.683. The third-order valence-electron chi connectivity index (χ3n) is 7.80. The highest BCUT2D eigenvalue weighted by Gasteiger charge is 2.31. The normalized spacial score (nSPS) is 12.4. The number of hydrogen-bond acceptors (Lipinski definition) is 8. The van der Waals surface area contributed by atoms with Crippen molar-refractivity contribution in [2.24, 2.45) is 0 Å². The highest BCUT2D eigenvalue weighted by atomic mass is 32.2. The number of thioether (sulfide) groups is 2. The van der Waals surface area contributed by atoms with Crippen molar-refractivity contribution in [2.75, 3.05) is 11.5 Å². The van der Waals surface area contributed by atoms with Gasteiger partial charge in [0, 0.05) is 29.1 Å². The number of benzene rings is 1. The lowest BCUT2D eigenvalue weighted by molar-refractivity contribution is 0.0199. The molecule has 2 rings (SSSR count). The summed E-state index contributed by atoms with van der Waals surface area (Å²) in [5, 5.41) is 1.65. The predicted octanol–water partition coefficient (Wildman–Crippen LogP) is 12.3. The van der Waals surface area contributed by atoms with Crippen LogP contribution in [-0.4, -0.2) is 38.2 Å². The lowest BCUT2D eigenvalue weighted by Gasteiger charge is -2.30. The van der Waals surface area contributed by atoms with Crippen molar-refractivity contribution in [1.29, 1.82) is 0 Å². The van der Waals surface area contributed by atoms with Crippen molar-refractivity contribution >= 4 is 29.7 Å². The first-order chi connectivity index (χ1) is 22.0. The van der Waals surface area contributed by atoms with E-state index in [-0.39, 0.29) is 10.8 Å². The SMILES string of the molecule is CCCCCCCCSc1nc(Cc2cc(C(C)(C)C)c(OC(=O)OC(C)(C)C)c(C(C)(C)C)c2)nc(SCCCCCCCC)n1. The van der Waals surface area contributed by atoms with Gasteiger partial charge < -0.3 is 9.47 Å². The molecule has 0 aliphatic carbocycles. The number of unbranched alkanes of at least 4 members (excludes halogenated alkanes) is 10. The molecule has 2 aromatic rings. The molecule has 1 aromatic heterocycles. The molecule has 266 valence electrons. The fraction of sp³-hybridized carbons (Fsp3) is 0.744. The topological polar surface area (TPSA) is 74.2 Å². The van der Waals surface area contributed by atoms with Gasteiger partial charge in [-0.1, -0.05) is 155 Å². The van der Waals surface area contributed by atoms with Crippen molar-refractivity contribution < 1.29 is 14.3 Å². The van der Waals surface area contributed by atoms with Gasteiger partial charge in [0.05, 0.1) is 0 Å². The minimum absolute atomic E-state index is 0.275. The van der Waals surface area contributed by atoms with E-state index < -0.39 is 11.8 Å². The molecule has 0 amide bonds. The van der Waals surface area contributed by atoms with Crippen molar-refractivity contribution in [1.82, 2.24) is 15.0 Å². The second-order valence-electron chi connectivity index (χ2n) is 15.8. The Hall–Kier alpha value is -1.80. The van der Waals surface area contributed by atoms with Gasteiger partial charge >= 0.3 is 6.16 Å². The molecular formula is C39H65N3O3S2. The molecule has 1 aromatic carbocycles. The van der Waals surface area contributed by atoms with Crippen LogP contribution in [0.2, 0.25) is 0 Å². The molecule has 8 heteroatoms. The van der Waals surface area contributed by atoms with Crippen LogP contribution in [0.3, 0.4) is 0 Å². The average Bonchev–Trinajstić information content (AvgIpc) is 2.94.